The Morgan fingerprint density at radius 3 is 2.39 bits per heavy atom. The Morgan fingerprint density at radius 1 is 1.11 bits per heavy atom. The van der Waals surface area contributed by atoms with E-state index in [1.54, 1.807) is 0 Å². The van der Waals surface area contributed by atoms with Crippen LogP contribution in [-0.2, 0) is 11.3 Å². The van der Waals surface area contributed by atoms with Gasteiger partial charge >= 0.3 is 0 Å². The van der Waals surface area contributed by atoms with Gasteiger partial charge in [-0.05, 0) is 17.4 Å². The highest BCUT2D eigenvalue weighted by Crippen LogP contribution is 2.20. The summed E-state index contributed by atoms with van der Waals surface area (Å²) < 4.78 is 0. The Hall–Kier alpha value is -1.15. The zero-order chi connectivity index (χ0) is 13.4. The number of benzene rings is 1. The topological polar surface area (TPSA) is 29.1 Å². The summed E-state index contributed by atoms with van der Waals surface area (Å²) in [5.41, 5.74) is 1.52. The highest BCUT2D eigenvalue weighted by atomic mass is 16.1. The zero-order valence-electron chi connectivity index (χ0n) is 11.8. The monoisotopic (exact) mass is 247 g/mol. The van der Waals surface area contributed by atoms with E-state index >= 15 is 0 Å². The highest BCUT2D eigenvalue weighted by molar-refractivity contribution is 5.78. The minimum Gasteiger partial charge on any atom is -0.312 e. The minimum absolute atomic E-state index is 0.257. The van der Waals surface area contributed by atoms with Crippen LogP contribution in [0.4, 0.5) is 0 Å². The standard InChI is InChI=1S/C16H25NO/c1-16(2,3)11-9-15(18)10-12-17-13-14-7-5-4-6-8-14/h4-8,17H,9-13H2,1-3H3. The normalized spacial score (nSPS) is 11.5. The average Bonchev–Trinajstić information content (AvgIpc) is 2.33. The molecule has 0 spiro atoms. The lowest BCUT2D eigenvalue weighted by Gasteiger charge is -2.16. The molecule has 2 nitrogen and oxygen atoms in total. The number of carbonyl (C=O) groups excluding carboxylic acids is 1. The van der Waals surface area contributed by atoms with Gasteiger partial charge in [-0.1, -0.05) is 51.1 Å². The van der Waals surface area contributed by atoms with Crippen molar-refractivity contribution in [3.05, 3.63) is 35.9 Å². The number of nitrogens with one attached hydrogen (secondary N) is 1. The Kier molecular flexibility index (Phi) is 6.06. The summed E-state index contributed by atoms with van der Waals surface area (Å²) >= 11 is 0. The van der Waals surface area contributed by atoms with Gasteiger partial charge in [0.1, 0.15) is 5.78 Å². The molecule has 1 N–H and O–H groups in total. The van der Waals surface area contributed by atoms with Crippen LogP contribution < -0.4 is 5.32 Å². The lowest BCUT2D eigenvalue weighted by Crippen LogP contribution is -2.18. The molecule has 0 aliphatic rings. The van der Waals surface area contributed by atoms with Crippen molar-refractivity contribution < 1.29 is 4.79 Å². The SMILES string of the molecule is CC(C)(C)CCC(=O)CCNCc1ccccc1. The number of hydrogen-bond donors (Lipinski definition) is 1. The first kappa shape index (κ1) is 14.9. The van der Waals surface area contributed by atoms with Gasteiger partial charge in [0.05, 0.1) is 0 Å². The number of Topliss-reactive ketones (excluding diaryl/α,β-unsaturated/α-hetero) is 1. The zero-order valence-corrected chi connectivity index (χ0v) is 11.8. The van der Waals surface area contributed by atoms with Crippen molar-refractivity contribution in [2.75, 3.05) is 6.54 Å². The molecule has 0 aliphatic heterocycles. The lowest BCUT2D eigenvalue weighted by atomic mass is 9.89. The molecule has 0 aromatic heterocycles. The van der Waals surface area contributed by atoms with Gasteiger partial charge in [0.15, 0.2) is 0 Å². The van der Waals surface area contributed by atoms with E-state index in [9.17, 15) is 4.79 Å². The lowest BCUT2D eigenvalue weighted by molar-refractivity contribution is -0.119. The molecule has 1 rings (SSSR count). The van der Waals surface area contributed by atoms with E-state index in [0.717, 1.165) is 19.5 Å². The predicted molar refractivity (Wildman–Crippen MR) is 76.5 cm³/mol. The van der Waals surface area contributed by atoms with Crippen LogP contribution in [0.2, 0.25) is 0 Å². The molecule has 0 atom stereocenters. The van der Waals surface area contributed by atoms with Crippen molar-refractivity contribution in [2.24, 2.45) is 5.41 Å². The van der Waals surface area contributed by atoms with Gasteiger partial charge < -0.3 is 5.32 Å². The van der Waals surface area contributed by atoms with Gasteiger partial charge in [-0.3, -0.25) is 4.79 Å². The first-order valence-corrected chi connectivity index (χ1v) is 6.74. The molecule has 0 saturated heterocycles. The second-order valence-corrected chi connectivity index (χ2v) is 6.01. The van der Waals surface area contributed by atoms with E-state index < -0.39 is 0 Å². The van der Waals surface area contributed by atoms with Crippen molar-refractivity contribution in [3.63, 3.8) is 0 Å². The van der Waals surface area contributed by atoms with Gasteiger partial charge in [-0.25, -0.2) is 0 Å². The number of rotatable bonds is 7. The van der Waals surface area contributed by atoms with Crippen LogP contribution in [-0.4, -0.2) is 12.3 Å². The minimum atomic E-state index is 0.257. The summed E-state index contributed by atoms with van der Waals surface area (Å²) in [6.07, 6.45) is 2.32. The van der Waals surface area contributed by atoms with Gasteiger partial charge in [0, 0.05) is 25.9 Å². The van der Waals surface area contributed by atoms with Crippen LogP contribution in [0.5, 0.6) is 0 Å². The van der Waals surface area contributed by atoms with E-state index in [-0.39, 0.29) is 5.41 Å². The largest absolute Gasteiger partial charge is 0.312 e. The quantitative estimate of drug-likeness (QED) is 0.746. The second kappa shape index (κ2) is 7.32. The third-order valence-corrected chi connectivity index (χ3v) is 2.91. The molecule has 0 fully saturated rings. The van der Waals surface area contributed by atoms with Crippen molar-refractivity contribution in [2.45, 2.75) is 46.6 Å². The molecule has 0 amide bonds. The van der Waals surface area contributed by atoms with E-state index in [2.05, 4.69) is 38.2 Å². The maximum absolute atomic E-state index is 11.7. The summed E-state index contributed by atoms with van der Waals surface area (Å²) in [5.74, 6) is 0.366. The van der Waals surface area contributed by atoms with Crippen LogP contribution in [0.15, 0.2) is 30.3 Å². The number of carbonyl (C=O) groups is 1. The molecule has 1 aromatic carbocycles. The fraction of sp³-hybridized carbons (Fsp3) is 0.562. The van der Waals surface area contributed by atoms with E-state index in [4.69, 9.17) is 0 Å². The van der Waals surface area contributed by atoms with E-state index in [1.807, 2.05) is 18.2 Å². The third-order valence-electron chi connectivity index (χ3n) is 2.91. The van der Waals surface area contributed by atoms with E-state index in [0.29, 0.717) is 18.6 Å². The Balaban J connectivity index is 2.09. The summed E-state index contributed by atoms with van der Waals surface area (Å²) in [6, 6.07) is 10.3. The maximum atomic E-state index is 11.7. The molecule has 100 valence electrons. The van der Waals surface area contributed by atoms with Crippen molar-refractivity contribution in [1.82, 2.24) is 5.32 Å². The third kappa shape index (κ3) is 7.23. The first-order valence-electron chi connectivity index (χ1n) is 6.74. The Labute approximate surface area is 111 Å². The van der Waals surface area contributed by atoms with Gasteiger partial charge in [-0.2, -0.15) is 0 Å². The Morgan fingerprint density at radius 2 is 1.78 bits per heavy atom. The fourth-order valence-electron chi connectivity index (χ4n) is 1.70. The van der Waals surface area contributed by atoms with Gasteiger partial charge in [-0.15, -0.1) is 0 Å². The Bertz CT molecular complexity index is 351. The van der Waals surface area contributed by atoms with E-state index in [1.165, 1.54) is 5.56 Å². The van der Waals surface area contributed by atoms with Crippen LogP contribution in [0.1, 0.15) is 45.6 Å². The molecule has 0 bridgehead atoms. The van der Waals surface area contributed by atoms with Crippen LogP contribution >= 0.6 is 0 Å². The average molecular weight is 247 g/mol. The van der Waals surface area contributed by atoms with Crippen LogP contribution in [0.3, 0.4) is 0 Å². The number of ketones is 1. The summed E-state index contributed by atoms with van der Waals surface area (Å²) in [5, 5.41) is 3.31. The predicted octanol–water partition coefficient (Wildman–Crippen LogP) is 3.56. The molecular weight excluding hydrogens is 222 g/mol. The molecule has 0 radical (unpaired) electrons. The summed E-state index contributed by atoms with van der Waals surface area (Å²) in [6.45, 7) is 8.14. The van der Waals surface area contributed by atoms with Crippen molar-refractivity contribution in [3.8, 4) is 0 Å². The van der Waals surface area contributed by atoms with Gasteiger partial charge in [0.2, 0.25) is 0 Å². The molecule has 0 unspecified atom stereocenters. The molecule has 1 aromatic rings. The maximum Gasteiger partial charge on any atom is 0.134 e. The molecule has 18 heavy (non-hydrogen) atoms. The van der Waals surface area contributed by atoms with Gasteiger partial charge in [0.25, 0.3) is 0 Å². The molecule has 2 heteroatoms. The highest BCUT2D eigenvalue weighted by Gasteiger charge is 2.12. The summed E-state index contributed by atoms with van der Waals surface area (Å²) in [4.78, 5) is 11.7. The van der Waals surface area contributed by atoms with Crippen molar-refractivity contribution in [1.29, 1.82) is 0 Å². The smallest absolute Gasteiger partial charge is 0.134 e. The van der Waals surface area contributed by atoms with Crippen LogP contribution in [0, 0.1) is 5.41 Å². The molecule has 0 heterocycles. The molecule has 0 saturated carbocycles. The fourth-order valence-corrected chi connectivity index (χ4v) is 1.70. The van der Waals surface area contributed by atoms with Crippen LogP contribution in [0.25, 0.3) is 0 Å². The summed E-state index contributed by atoms with van der Waals surface area (Å²) in [7, 11) is 0. The second-order valence-electron chi connectivity index (χ2n) is 6.01. The first-order chi connectivity index (χ1) is 8.47. The number of hydrogen-bond acceptors (Lipinski definition) is 2. The molecule has 0 aliphatic carbocycles. The molecular formula is C16H25NO. The van der Waals surface area contributed by atoms with Crippen molar-refractivity contribution >= 4 is 5.78 Å².